The molecule has 3 aromatic rings. The largest absolute Gasteiger partial charge is 0.489 e. The Morgan fingerprint density at radius 2 is 2.07 bits per heavy atom. The number of aromatic amines is 1. The summed E-state index contributed by atoms with van der Waals surface area (Å²) in [6, 6.07) is 12.5. The number of rotatable bonds is 9. The number of carboxylic acids is 1. The molecule has 0 atom stereocenters. The number of halogens is 2. The van der Waals surface area contributed by atoms with Crippen molar-refractivity contribution >= 4 is 47.0 Å². The van der Waals surface area contributed by atoms with E-state index in [1.807, 2.05) is 13.0 Å². The van der Waals surface area contributed by atoms with Gasteiger partial charge in [-0.15, -0.1) is 5.10 Å². The van der Waals surface area contributed by atoms with E-state index in [1.54, 1.807) is 42.5 Å². The molecule has 0 aliphatic heterocycles. The van der Waals surface area contributed by atoms with Crippen LogP contribution in [0.25, 0.3) is 6.08 Å². The van der Waals surface area contributed by atoms with Crippen molar-refractivity contribution < 1.29 is 14.6 Å². The first-order chi connectivity index (χ1) is 14.4. The third kappa shape index (κ3) is 6.26. The Bertz CT molecular complexity index is 1070. The quantitative estimate of drug-likeness (QED) is 0.305. The molecule has 0 fully saturated rings. The van der Waals surface area contributed by atoms with Crippen LogP contribution in [0.1, 0.15) is 30.3 Å². The number of hydrogen-bond acceptors (Lipinski definition) is 5. The van der Waals surface area contributed by atoms with Crippen LogP contribution in [0.2, 0.25) is 10.0 Å². The molecule has 0 saturated heterocycles. The lowest BCUT2D eigenvalue weighted by Crippen LogP contribution is -1.98. The molecule has 156 valence electrons. The summed E-state index contributed by atoms with van der Waals surface area (Å²) in [6.07, 6.45) is 3.25. The lowest BCUT2D eigenvalue weighted by molar-refractivity contribution is -0.131. The maximum atomic E-state index is 11.7. The van der Waals surface area contributed by atoms with Gasteiger partial charge in [0.05, 0.1) is 10.0 Å². The Hall–Kier alpha value is -2.48. The van der Waals surface area contributed by atoms with E-state index in [0.29, 0.717) is 33.1 Å². The zero-order valence-electron chi connectivity index (χ0n) is 16.1. The normalized spacial score (nSPS) is 11.5. The highest BCUT2D eigenvalue weighted by molar-refractivity contribution is 8.04. The number of aryl methyl sites for hydroxylation is 1. The standard InChI is InChI=1S/C21H19Cl2N3O3S/c1-2-4-19-24-21(26-25-19)30-18(20(27)28)11-13-5-3-6-15(9-13)29-12-14-7-8-16(22)17(23)10-14/h3,5-11H,2,4,12H2,1H3,(H,27,28)(H,24,25,26)/b18-11-. The molecule has 0 spiro atoms. The molecule has 0 radical (unpaired) electrons. The fraction of sp³-hybridized carbons (Fsp3) is 0.190. The van der Waals surface area contributed by atoms with Crippen molar-refractivity contribution in [3.63, 3.8) is 0 Å². The second-order valence-electron chi connectivity index (χ2n) is 6.34. The number of aliphatic carboxylic acids is 1. The van der Waals surface area contributed by atoms with E-state index in [1.165, 1.54) is 0 Å². The Kier molecular flexibility index (Phi) is 7.79. The van der Waals surface area contributed by atoms with Gasteiger partial charge in [-0.2, -0.15) is 0 Å². The van der Waals surface area contributed by atoms with Gasteiger partial charge in [0, 0.05) is 6.42 Å². The van der Waals surface area contributed by atoms with Crippen LogP contribution in [-0.4, -0.2) is 26.3 Å². The van der Waals surface area contributed by atoms with Crippen LogP contribution in [0, 0.1) is 0 Å². The maximum absolute atomic E-state index is 11.7. The number of carbonyl (C=O) groups is 1. The van der Waals surface area contributed by atoms with Crippen LogP contribution < -0.4 is 4.74 Å². The van der Waals surface area contributed by atoms with Gasteiger partial charge < -0.3 is 9.84 Å². The van der Waals surface area contributed by atoms with Gasteiger partial charge in [0.25, 0.3) is 0 Å². The van der Waals surface area contributed by atoms with Crippen molar-refractivity contribution in [2.45, 2.75) is 31.5 Å². The van der Waals surface area contributed by atoms with Crippen molar-refractivity contribution in [2.75, 3.05) is 0 Å². The van der Waals surface area contributed by atoms with E-state index in [-0.39, 0.29) is 4.91 Å². The molecular formula is C21H19Cl2N3O3S. The molecule has 6 nitrogen and oxygen atoms in total. The Labute approximate surface area is 188 Å². The molecule has 0 bridgehead atoms. The molecule has 3 rings (SSSR count). The minimum Gasteiger partial charge on any atom is -0.489 e. The van der Waals surface area contributed by atoms with Gasteiger partial charge in [-0.1, -0.05) is 48.3 Å². The summed E-state index contributed by atoms with van der Waals surface area (Å²) in [6.45, 7) is 2.34. The van der Waals surface area contributed by atoms with Gasteiger partial charge in [0.1, 0.15) is 23.1 Å². The molecule has 9 heteroatoms. The van der Waals surface area contributed by atoms with Crippen molar-refractivity contribution in [3.05, 3.63) is 74.4 Å². The number of thioether (sulfide) groups is 1. The molecule has 1 aromatic heterocycles. The first-order valence-electron chi connectivity index (χ1n) is 9.15. The minimum absolute atomic E-state index is 0.110. The highest BCUT2D eigenvalue weighted by Crippen LogP contribution is 2.27. The average molecular weight is 464 g/mol. The molecule has 0 amide bonds. The van der Waals surface area contributed by atoms with E-state index in [4.69, 9.17) is 27.9 Å². The smallest absolute Gasteiger partial charge is 0.342 e. The molecule has 0 unspecified atom stereocenters. The molecule has 2 aromatic carbocycles. The summed E-state index contributed by atoms with van der Waals surface area (Å²) in [5.41, 5.74) is 1.57. The van der Waals surface area contributed by atoms with Gasteiger partial charge in [-0.25, -0.2) is 9.78 Å². The number of ether oxygens (including phenoxy) is 1. The van der Waals surface area contributed by atoms with E-state index in [2.05, 4.69) is 15.2 Å². The molecule has 30 heavy (non-hydrogen) atoms. The first-order valence-corrected chi connectivity index (χ1v) is 10.7. The van der Waals surface area contributed by atoms with Crippen molar-refractivity contribution in [1.82, 2.24) is 15.2 Å². The van der Waals surface area contributed by atoms with E-state index in [9.17, 15) is 9.90 Å². The molecule has 1 heterocycles. The zero-order chi connectivity index (χ0) is 21.5. The number of hydrogen-bond donors (Lipinski definition) is 2. The summed E-state index contributed by atoms with van der Waals surface area (Å²) in [5.74, 6) is 0.291. The Morgan fingerprint density at radius 1 is 1.23 bits per heavy atom. The summed E-state index contributed by atoms with van der Waals surface area (Å²) in [4.78, 5) is 16.1. The minimum atomic E-state index is -1.05. The summed E-state index contributed by atoms with van der Waals surface area (Å²) in [5, 5.41) is 17.8. The fourth-order valence-corrected chi connectivity index (χ4v) is 3.59. The van der Waals surface area contributed by atoms with Crippen LogP contribution in [0.15, 0.2) is 52.5 Å². The van der Waals surface area contributed by atoms with Crippen LogP contribution in [-0.2, 0) is 17.8 Å². The highest BCUT2D eigenvalue weighted by Gasteiger charge is 2.14. The van der Waals surface area contributed by atoms with Crippen molar-refractivity contribution in [2.24, 2.45) is 0 Å². The lowest BCUT2D eigenvalue weighted by Gasteiger charge is -2.08. The number of benzene rings is 2. The highest BCUT2D eigenvalue weighted by atomic mass is 35.5. The molecule has 0 saturated carbocycles. The van der Waals surface area contributed by atoms with E-state index < -0.39 is 5.97 Å². The SMILES string of the molecule is CCCc1nc(S/C(=C\c2cccc(OCc3ccc(Cl)c(Cl)c3)c2)C(=O)O)n[nH]1. The zero-order valence-corrected chi connectivity index (χ0v) is 18.4. The fourth-order valence-electron chi connectivity index (χ4n) is 2.55. The van der Waals surface area contributed by atoms with Gasteiger partial charge >= 0.3 is 5.97 Å². The third-order valence-corrected chi connectivity index (χ3v) is 5.57. The summed E-state index contributed by atoms with van der Waals surface area (Å²) < 4.78 is 5.80. The Balaban J connectivity index is 1.72. The second kappa shape index (κ2) is 10.5. The monoisotopic (exact) mass is 463 g/mol. The van der Waals surface area contributed by atoms with E-state index in [0.717, 1.165) is 36.0 Å². The number of aromatic nitrogens is 3. The van der Waals surface area contributed by atoms with Crippen LogP contribution in [0.5, 0.6) is 5.75 Å². The topological polar surface area (TPSA) is 88.1 Å². The van der Waals surface area contributed by atoms with Crippen molar-refractivity contribution in [3.8, 4) is 5.75 Å². The predicted molar refractivity (Wildman–Crippen MR) is 119 cm³/mol. The van der Waals surface area contributed by atoms with Crippen LogP contribution >= 0.6 is 35.0 Å². The first kappa shape index (κ1) is 22.2. The Morgan fingerprint density at radius 3 is 2.80 bits per heavy atom. The number of carboxylic acid groups (broad SMARTS) is 1. The number of nitrogens with zero attached hydrogens (tertiary/aromatic N) is 2. The van der Waals surface area contributed by atoms with Gasteiger partial charge in [-0.3, -0.25) is 5.10 Å². The van der Waals surface area contributed by atoms with E-state index >= 15 is 0 Å². The van der Waals surface area contributed by atoms with Crippen LogP contribution in [0.4, 0.5) is 0 Å². The molecule has 0 aliphatic carbocycles. The number of nitrogens with one attached hydrogen (secondary N) is 1. The average Bonchev–Trinajstić information content (AvgIpc) is 3.16. The van der Waals surface area contributed by atoms with Gasteiger partial charge in [-0.05, 0) is 59.7 Å². The maximum Gasteiger partial charge on any atom is 0.342 e. The molecule has 2 N–H and O–H groups in total. The predicted octanol–water partition coefficient (Wildman–Crippen LogP) is 5.86. The lowest BCUT2D eigenvalue weighted by atomic mass is 10.2. The third-order valence-electron chi connectivity index (χ3n) is 3.96. The molecule has 0 aliphatic rings. The van der Waals surface area contributed by atoms with Crippen molar-refractivity contribution in [1.29, 1.82) is 0 Å². The van der Waals surface area contributed by atoms with Gasteiger partial charge in [0.15, 0.2) is 0 Å². The second-order valence-corrected chi connectivity index (χ2v) is 8.16. The van der Waals surface area contributed by atoms with Gasteiger partial charge in [0.2, 0.25) is 5.16 Å². The van der Waals surface area contributed by atoms with Crippen LogP contribution in [0.3, 0.4) is 0 Å². The summed E-state index contributed by atoms with van der Waals surface area (Å²) in [7, 11) is 0. The number of H-pyrrole nitrogens is 1. The molecular weight excluding hydrogens is 445 g/mol. The summed E-state index contributed by atoms with van der Waals surface area (Å²) >= 11 is 13.0.